The van der Waals surface area contributed by atoms with Gasteiger partial charge in [0.2, 0.25) is 0 Å². The summed E-state index contributed by atoms with van der Waals surface area (Å²) in [4.78, 5) is 25.5. The van der Waals surface area contributed by atoms with Crippen LogP contribution in [0.5, 0.6) is 0 Å². The minimum Gasteiger partial charge on any atom is -0.477 e. The maximum atomic E-state index is 14.2. The van der Waals surface area contributed by atoms with E-state index in [9.17, 15) is 19.1 Å². The zero-order valence-electron chi connectivity index (χ0n) is 15.0. The van der Waals surface area contributed by atoms with Gasteiger partial charge in [-0.25, -0.2) is 9.18 Å². The molecule has 5 nitrogen and oxygen atoms in total. The number of carboxylic acid groups (broad SMARTS) is 1. The molecule has 0 amide bonds. The number of fused-ring (bicyclic) bond motifs is 1. The molecular weight excluding hydrogens is 367 g/mol. The van der Waals surface area contributed by atoms with Gasteiger partial charge >= 0.3 is 5.97 Å². The first-order valence-electron chi connectivity index (χ1n) is 8.77. The Morgan fingerprint density at radius 3 is 2.78 bits per heavy atom. The lowest BCUT2D eigenvalue weighted by Gasteiger charge is -2.14. The first-order valence-corrected chi connectivity index (χ1v) is 9.59. The van der Waals surface area contributed by atoms with Gasteiger partial charge in [-0.3, -0.25) is 9.20 Å². The van der Waals surface area contributed by atoms with Crippen molar-refractivity contribution in [3.63, 3.8) is 0 Å². The van der Waals surface area contributed by atoms with Gasteiger partial charge < -0.3 is 10.4 Å². The lowest BCUT2D eigenvalue weighted by atomic mass is 10.00. The van der Waals surface area contributed by atoms with Gasteiger partial charge in [-0.2, -0.15) is 0 Å². The van der Waals surface area contributed by atoms with Gasteiger partial charge in [-0.05, 0) is 67.6 Å². The molecule has 0 saturated heterocycles. The fourth-order valence-corrected chi connectivity index (χ4v) is 4.67. The van der Waals surface area contributed by atoms with Crippen molar-refractivity contribution in [3.8, 4) is 10.4 Å². The number of carbonyl (C=O) groups is 1. The van der Waals surface area contributed by atoms with Crippen LogP contribution in [0.15, 0.2) is 29.2 Å². The third kappa shape index (κ3) is 2.96. The van der Waals surface area contributed by atoms with Crippen molar-refractivity contribution in [3.05, 3.63) is 62.1 Å². The van der Waals surface area contributed by atoms with Crippen LogP contribution in [0, 0.1) is 12.7 Å². The molecule has 3 heterocycles. The number of aromatic nitrogens is 1. The summed E-state index contributed by atoms with van der Waals surface area (Å²) in [6.45, 7) is 2.36. The van der Waals surface area contributed by atoms with Crippen molar-refractivity contribution in [1.29, 1.82) is 0 Å². The predicted molar refractivity (Wildman–Crippen MR) is 103 cm³/mol. The molecule has 140 valence electrons. The number of aromatic carboxylic acids is 1. The Morgan fingerprint density at radius 1 is 1.41 bits per heavy atom. The van der Waals surface area contributed by atoms with Crippen LogP contribution in [0.25, 0.3) is 16.0 Å². The van der Waals surface area contributed by atoms with Crippen LogP contribution in [-0.2, 0) is 6.54 Å². The lowest BCUT2D eigenvalue weighted by Crippen LogP contribution is -2.23. The lowest BCUT2D eigenvalue weighted by molar-refractivity contribution is 0.0694. The number of halogens is 1. The van der Waals surface area contributed by atoms with Crippen LogP contribution in [0.2, 0.25) is 0 Å². The minimum atomic E-state index is -1.21. The van der Waals surface area contributed by atoms with E-state index in [1.165, 1.54) is 27.9 Å². The van der Waals surface area contributed by atoms with Gasteiger partial charge in [0.05, 0.1) is 10.4 Å². The average Bonchev–Trinajstić information content (AvgIpc) is 3.40. The Labute approximate surface area is 159 Å². The van der Waals surface area contributed by atoms with Gasteiger partial charge in [-0.15, -0.1) is 11.3 Å². The van der Waals surface area contributed by atoms with Crippen molar-refractivity contribution in [2.75, 3.05) is 7.05 Å². The molecule has 0 aromatic carbocycles. The molecule has 1 saturated carbocycles. The summed E-state index contributed by atoms with van der Waals surface area (Å²) in [7, 11) is 1.77. The summed E-state index contributed by atoms with van der Waals surface area (Å²) in [6, 6.07) is 4.81. The molecule has 0 unspecified atom stereocenters. The topological polar surface area (TPSA) is 70.8 Å². The Hall–Kier alpha value is -2.51. The largest absolute Gasteiger partial charge is 0.477 e. The van der Waals surface area contributed by atoms with Crippen LogP contribution in [-0.4, -0.2) is 22.5 Å². The SMILES string of the molecule is CNCc1sc(-c2ccn3c(=O)c(C(=O)O)cc(C4CC4)c3c2C)cc1F. The van der Waals surface area contributed by atoms with Crippen LogP contribution in [0.4, 0.5) is 4.39 Å². The first kappa shape index (κ1) is 17.9. The second kappa shape index (κ2) is 6.58. The third-order valence-electron chi connectivity index (χ3n) is 5.02. The van der Waals surface area contributed by atoms with Gasteiger partial charge in [0.1, 0.15) is 11.4 Å². The summed E-state index contributed by atoms with van der Waals surface area (Å²) in [5, 5.41) is 12.3. The molecule has 0 bridgehead atoms. The van der Waals surface area contributed by atoms with Crippen LogP contribution in [0.1, 0.15) is 45.1 Å². The molecule has 0 spiro atoms. The highest BCUT2D eigenvalue weighted by molar-refractivity contribution is 7.15. The summed E-state index contributed by atoms with van der Waals surface area (Å²) < 4.78 is 15.6. The smallest absolute Gasteiger partial charge is 0.341 e. The molecule has 3 aromatic heterocycles. The molecule has 7 heteroatoms. The number of hydrogen-bond donors (Lipinski definition) is 2. The standard InChI is InChI=1S/C20H19FN2O3S/c1-10-12(16-8-15(21)17(27-16)9-22-2)5-6-23-18(10)13(11-3-4-11)7-14(19(23)24)20(25)26/h5-8,11,22H,3-4,9H2,1-2H3,(H,25,26). The van der Waals surface area contributed by atoms with Crippen LogP contribution < -0.4 is 10.9 Å². The fraction of sp³-hybridized carbons (Fsp3) is 0.300. The number of rotatable bonds is 5. The van der Waals surface area contributed by atoms with Crippen molar-refractivity contribution in [2.24, 2.45) is 0 Å². The summed E-state index contributed by atoms with van der Waals surface area (Å²) in [6.07, 6.45) is 3.57. The van der Waals surface area contributed by atoms with Crippen molar-refractivity contribution in [2.45, 2.75) is 32.2 Å². The van der Waals surface area contributed by atoms with E-state index in [1.807, 2.05) is 6.92 Å². The van der Waals surface area contributed by atoms with E-state index in [0.717, 1.165) is 39.9 Å². The second-order valence-corrected chi connectivity index (χ2v) is 8.02. The second-order valence-electron chi connectivity index (χ2n) is 6.88. The van der Waals surface area contributed by atoms with Gasteiger partial charge in [0.25, 0.3) is 5.56 Å². The Balaban J connectivity index is 1.98. The molecule has 27 heavy (non-hydrogen) atoms. The van der Waals surface area contributed by atoms with E-state index in [-0.39, 0.29) is 17.3 Å². The molecule has 1 fully saturated rings. The maximum Gasteiger partial charge on any atom is 0.341 e. The summed E-state index contributed by atoms with van der Waals surface area (Å²) >= 11 is 1.38. The molecule has 0 aliphatic heterocycles. The average molecular weight is 386 g/mol. The number of pyridine rings is 2. The monoisotopic (exact) mass is 386 g/mol. The molecule has 0 radical (unpaired) electrons. The highest BCUT2D eigenvalue weighted by Crippen LogP contribution is 2.44. The van der Waals surface area contributed by atoms with Gasteiger partial charge in [0.15, 0.2) is 0 Å². The summed E-state index contributed by atoms with van der Waals surface area (Å²) in [5.41, 5.74) is 2.62. The minimum absolute atomic E-state index is 0.208. The zero-order valence-corrected chi connectivity index (χ0v) is 15.8. The number of carboxylic acids is 1. The van der Waals surface area contributed by atoms with E-state index in [2.05, 4.69) is 5.32 Å². The molecular formula is C20H19FN2O3S. The van der Waals surface area contributed by atoms with Crippen LogP contribution in [0.3, 0.4) is 0 Å². The highest BCUT2D eigenvalue weighted by atomic mass is 32.1. The molecule has 1 aliphatic rings. The van der Waals surface area contributed by atoms with Crippen LogP contribution >= 0.6 is 11.3 Å². The van der Waals surface area contributed by atoms with Gasteiger partial charge in [-0.1, -0.05) is 0 Å². The first-order chi connectivity index (χ1) is 12.9. The van der Waals surface area contributed by atoms with Gasteiger partial charge in [0, 0.05) is 17.6 Å². The van der Waals surface area contributed by atoms with E-state index < -0.39 is 11.5 Å². The highest BCUT2D eigenvalue weighted by Gasteiger charge is 2.29. The van der Waals surface area contributed by atoms with E-state index >= 15 is 0 Å². The van der Waals surface area contributed by atoms with Crippen molar-refractivity contribution >= 4 is 22.8 Å². The van der Waals surface area contributed by atoms with E-state index in [1.54, 1.807) is 19.3 Å². The number of nitrogens with one attached hydrogen (secondary N) is 1. The fourth-order valence-electron chi connectivity index (χ4n) is 3.54. The maximum absolute atomic E-state index is 14.2. The third-order valence-corrected chi connectivity index (χ3v) is 6.16. The number of hydrogen-bond acceptors (Lipinski definition) is 4. The van der Waals surface area contributed by atoms with Crippen molar-refractivity contribution < 1.29 is 14.3 Å². The zero-order chi connectivity index (χ0) is 19.3. The Kier molecular flexibility index (Phi) is 4.36. The Bertz CT molecular complexity index is 1130. The quantitative estimate of drug-likeness (QED) is 0.700. The summed E-state index contributed by atoms with van der Waals surface area (Å²) in [5.74, 6) is -1.19. The van der Waals surface area contributed by atoms with E-state index in [0.29, 0.717) is 11.4 Å². The number of thiophene rings is 1. The predicted octanol–water partition coefficient (Wildman–Crippen LogP) is 3.77. The number of aryl methyl sites for hydroxylation is 1. The Morgan fingerprint density at radius 2 is 2.15 bits per heavy atom. The van der Waals surface area contributed by atoms with E-state index in [4.69, 9.17) is 0 Å². The molecule has 1 aliphatic carbocycles. The molecule has 4 rings (SSSR count). The normalized spacial score (nSPS) is 14.0. The molecule has 3 aromatic rings. The number of nitrogens with zero attached hydrogens (tertiary/aromatic N) is 1. The molecule has 2 N–H and O–H groups in total. The van der Waals surface area contributed by atoms with Crippen molar-refractivity contribution in [1.82, 2.24) is 9.72 Å². The molecule has 0 atom stereocenters.